The highest BCUT2D eigenvalue weighted by Crippen LogP contribution is 2.61. The predicted molar refractivity (Wildman–Crippen MR) is 245 cm³/mol. The number of benzene rings is 1. The van der Waals surface area contributed by atoms with Gasteiger partial charge in [0.1, 0.15) is 42.0 Å². The Morgan fingerprint density at radius 2 is 1.59 bits per heavy atom. The normalized spacial score (nSPS) is 21.4. The van der Waals surface area contributed by atoms with Gasteiger partial charge in [0.05, 0.1) is 25.0 Å². The number of aliphatic hydroxyl groups is 2. The first-order valence-corrected chi connectivity index (χ1v) is 26.8. The van der Waals surface area contributed by atoms with Crippen LogP contribution in [0.25, 0.3) is 11.2 Å². The van der Waals surface area contributed by atoms with E-state index in [1.165, 1.54) is 13.8 Å². The van der Waals surface area contributed by atoms with E-state index in [0.29, 0.717) is 6.42 Å². The van der Waals surface area contributed by atoms with E-state index in [1.807, 2.05) is 18.2 Å². The fourth-order valence-electron chi connectivity index (χ4n) is 7.75. The first-order chi connectivity index (χ1) is 32.5. The van der Waals surface area contributed by atoms with Crippen LogP contribution in [0.2, 0.25) is 0 Å². The van der Waals surface area contributed by atoms with Gasteiger partial charge in [-0.1, -0.05) is 38.1 Å². The number of anilines is 1. The van der Waals surface area contributed by atoms with Gasteiger partial charge in [-0.15, -0.1) is 0 Å². The molecule has 5 rings (SSSR count). The summed E-state index contributed by atoms with van der Waals surface area (Å²) in [4.78, 5) is 101. The average Bonchev–Trinajstić information content (AvgIpc) is 3.84. The van der Waals surface area contributed by atoms with Crippen LogP contribution in [0.3, 0.4) is 0 Å². The lowest BCUT2D eigenvalue weighted by Gasteiger charge is -2.30. The predicted octanol–water partition coefficient (Wildman–Crippen LogP) is 2.60. The van der Waals surface area contributed by atoms with E-state index in [-0.39, 0.29) is 48.7 Å². The minimum Gasteiger partial charge on any atom is -0.481 e. The molecule has 70 heavy (non-hydrogen) atoms. The third kappa shape index (κ3) is 15.9. The number of rotatable bonds is 29. The number of nitrogen functional groups attached to an aromatic ring is 1. The highest BCUT2D eigenvalue weighted by atomic mass is 31.3. The Kier molecular flexibility index (Phi) is 18.8. The van der Waals surface area contributed by atoms with Gasteiger partial charge in [0.25, 0.3) is 0 Å². The van der Waals surface area contributed by atoms with Crippen LogP contribution < -0.4 is 16.4 Å². The molecule has 3 aromatic rings. The number of aliphatic hydroxyl groups excluding tert-OH is 2. The Labute approximate surface area is 402 Å². The zero-order valence-corrected chi connectivity index (χ0v) is 41.7. The van der Waals surface area contributed by atoms with Crippen LogP contribution in [-0.4, -0.2) is 129 Å². The number of fused-ring (bicyclic) bond motifs is 1. The van der Waals surface area contributed by atoms with Crippen molar-refractivity contribution in [3.8, 4) is 0 Å². The number of aliphatic carboxylic acids is 1. The van der Waals surface area contributed by atoms with Crippen molar-refractivity contribution in [3.63, 3.8) is 0 Å². The van der Waals surface area contributed by atoms with Crippen molar-refractivity contribution in [2.45, 2.75) is 123 Å². The number of hydrogen-bond acceptors (Lipinski definition) is 18. The van der Waals surface area contributed by atoms with Gasteiger partial charge in [-0.05, 0) is 76.3 Å². The molecule has 1 aliphatic carbocycles. The molecule has 2 aromatic heterocycles. The van der Waals surface area contributed by atoms with Gasteiger partial charge in [0.2, 0.25) is 11.8 Å². The summed E-state index contributed by atoms with van der Waals surface area (Å²) in [5.41, 5.74) is 5.35. The molecular weight excluding hydrogens is 987 g/mol. The molecule has 2 amide bonds. The summed E-state index contributed by atoms with van der Waals surface area (Å²) in [6, 6.07) is 8.19. The molecule has 2 aliphatic rings. The lowest BCUT2D eigenvalue weighted by Crippen LogP contribution is -2.46. The maximum atomic E-state index is 13.1. The first-order valence-electron chi connectivity index (χ1n) is 22.3. The zero-order valence-electron chi connectivity index (χ0n) is 39.0. The number of Topliss-reactive ketones (excluding diaryl/α,β-unsaturated/α-hetero) is 1. The number of imidazole rings is 1. The third-order valence-electron chi connectivity index (χ3n) is 12.2. The van der Waals surface area contributed by atoms with Gasteiger partial charge in [-0.3, -0.25) is 37.3 Å². The Morgan fingerprint density at radius 1 is 0.943 bits per heavy atom. The van der Waals surface area contributed by atoms with Crippen LogP contribution in [0.4, 0.5) is 5.82 Å². The SMILES string of the molecule is CC(C)(CCCc1cccc(CCCC2(C(=O)CCNC(=O)CCNC(=O)C(O)C(C)(C)COP(=O)(O)OP(=O)(O)OCC3OC(n4cnc5c(N)ncnc54)C(O)C3OP(=O)(O)O)CC2)c1)C(=O)O. The van der Waals surface area contributed by atoms with Crippen LogP contribution in [-0.2, 0) is 68.3 Å². The zero-order chi connectivity index (χ0) is 51.9. The molecule has 1 saturated heterocycles. The molecule has 7 atom stereocenters. The molecule has 26 nitrogen and oxygen atoms in total. The molecular formula is C41H62N7O19P3. The molecule has 0 radical (unpaired) electrons. The number of phosphoric acid groups is 3. The number of aromatic nitrogens is 4. The molecule has 0 spiro atoms. The van der Waals surface area contributed by atoms with Crippen molar-refractivity contribution in [1.29, 1.82) is 0 Å². The Morgan fingerprint density at radius 3 is 2.23 bits per heavy atom. The molecule has 7 unspecified atom stereocenters. The summed E-state index contributed by atoms with van der Waals surface area (Å²) in [5, 5.41) is 36.0. The number of aryl methyl sites for hydroxylation is 2. The van der Waals surface area contributed by atoms with Gasteiger partial charge in [0.15, 0.2) is 17.7 Å². The van der Waals surface area contributed by atoms with E-state index in [4.69, 9.17) is 19.5 Å². The number of amides is 2. The second-order valence-corrected chi connectivity index (χ2v) is 23.0. The van der Waals surface area contributed by atoms with Crippen LogP contribution in [0.1, 0.15) is 96.4 Å². The van der Waals surface area contributed by atoms with E-state index in [1.54, 1.807) is 13.8 Å². The Balaban J connectivity index is 0.994. The van der Waals surface area contributed by atoms with E-state index >= 15 is 0 Å². The number of carboxylic acid groups (broad SMARTS) is 1. The summed E-state index contributed by atoms with van der Waals surface area (Å²) in [6.45, 7) is 3.76. The molecule has 1 aromatic carbocycles. The number of ether oxygens (including phenoxy) is 1. The number of carboxylic acids is 1. The second-order valence-electron chi connectivity index (χ2n) is 18.7. The average molecular weight is 1050 g/mol. The molecule has 11 N–H and O–H groups in total. The molecule has 390 valence electrons. The van der Waals surface area contributed by atoms with Gasteiger partial charge in [-0.2, -0.15) is 4.31 Å². The summed E-state index contributed by atoms with van der Waals surface area (Å²) in [6.07, 6.45) is -0.912. The Bertz CT molecular complexity index is 2500. The van der Waals surface area contributed by atoms with Gasteiger partial charge >= 0.3 is 29.4 Å². The van der Waals surface area contributed by atoms with Crippen molar-refractivity contribution in [2.24, 2.45) is 16.2 Å². The number of hydrogen-bond donors (Lipinski definition) is 10. The van der Waals surface area contributed by atoms with Crippen molar-refractivity contribution in [1.82, 2.24) is 30.2 Å². The molecule has 1 saturated carbocycles. The smallest absolute Gasteiger partial charge is 0.481 e. The van der Waals surface area contributed by atoms with Crippen molar-refractivity contribution in [3.05, 3.63) is 48.0 Å². The van der Waals surface area contributed by atoms with Gasteiger partial charge in [-0.25, -0.2) is 28.6 Å². The van der Waals surface area contributed by atoms with E-state index < -0.39 is 101 Å². The summed E-state index contributed by atoms with van der Waals surface area (Å²) >= 11 is 0. The lowest BCUT2D eigenvalue weighted by molar-refractivity contribution is -0.147. The largest absolute Gasteiger partial charge is 0.481 e. The fourth-order valence-corrected chi connectivity index (χ4v) is 10.6. The minimum absolute atomic E-state index is 0.0244. The van der Waals surface area contributed by atoms with Gasteiger partial charge in [0, 0.05) is 36.8 Å². The fraction of sp³-hybridized carbons (Fsp3) is 0.634. The maximum absolute atomic E-state index is 13.1. The Hall–Kier alpha value is -4.10. The maximum Gasteiger partial charge on any atom is 0.481 e. The highest BCUT2D eigenvalue weighted by Gasteiger charge is 2.51. The summed E-state index contributed by atoms with van der Waals surface area (Å²) < 4.78 is 62.6. The topological polar surface area (TPSA) is 401 Å². The molecule has 0 bridgehead atoms. The number of carbonyl (C=O) groups excluding carboxylic acids is 3. The molecule has 2 fully saturated rings. The summed E-state index contributed by atoms with van der Waals surface area (Å²) in [7, 11) is -16.5. The van der Waals surface area contributed by atoms with Crippen LogP contribution in [0.5, 0.6) is 0 Å². The van der Waals surface area contributed by atoms with Crippen LogP contribution in [0.15, 0.2) is 36.9 Å². The van der Waals surface area contributed by atoms with Crippen LogP contribution in [0, 0.1) is 16.2 Å². The number of nitrogens with zero attached hydrogens (tertiary/aromatic N) is 4. The molecule has 3 heterocycles. The first kappa shape index (κ1) is 56.8. The molecule has 1 aliphatic heterocycles. The lowest BCUT2D eigenvalue weighted by atomic mass is 9.86. The van der Waals surface area contributed by atoms with E-state index in [9.17, 15) is 67.8 Å². The number of phosphoric ester groups is 3. The van der Waals surface area contributed by atoms with Gasteiger partial charge < -0.3 is 56.0 Å². The number of nitrogens with two attached hydrogens (primary N) is 1. The highest BCUT2D eigenvalue weighted by molar-refractivity contribution is 7.61. The van der Waals surface area contributed by atoms with Crippen LogP contribution >= 0.6 is 23.5 Å². The second kappa shape index (κ2) is 23.2. The van der Waals surface area contributed by atoms with E-state index in [0.717, 1.165) is 73.3 Å². The number of ketones is 1. The van der Waals surface area contributed by atoms with Crippen molar-refractivity contribution < 1.29 is 90.4 Å². The summed E-state index contributed by atoms with van der Waals surface area (Å²) in [5.74, 6) is -2.26. The number of carbonyl (C=O) groups is 4. The van der Waals surface area contributed by atoms with E-state index in [2.05, 4.69) is 40.5 Å². The minimum atomic E-state index is -5.60. The quantitative estimate of drug-likeness (QED) is 0.0447. The number of nitrogens with one attached hydrogen (secondary N) is 2. The molecule has 29 heteroatoms. The standard InChI is InChI=1S/C41H62N7O19P3/c1-39(2,38(54)55)14-6-10-25-8-5-9-26(20-25)11-7-15-41(16-17-41)28(49)12-18-43-29(50)13-19-44-36(53)33(52)40(3,4)22-64-70(61,62)67-69(59,60)63-21-27-32(66-68(56,57)58)31(51)37(65-27)48-24-47-30-34(42)45-23-46-35(30)48/h5,8-9,20,23-24,27,31-33,37,51-52H,6-7,10-19,21-22H2,1-4H3,(H,43,50)(H,44,53)(H,54,55)(H,59,60)(H,61,62)(H2,42,45,46)(H2,56,57,58). The monoisotopic (exact) mass is 1050 g/mol. The third-order valence-corrected chi connectivity index (χ3v) is 15.3. The van der Waals surface area contributed by atoms with Crippen molar-refractivity contribution >= 4 is 64.0 Å². The van der Waals surface area contributed by atoms with Crippen molar-refractivity contribution in [2.75, 3.05) is 32.0 Å².